The second-order valence-corrected chi connectivity index (χ2v) is 7.85. The van der Waals surface area contributed by atoms with Crippen molar-refractivity contribution in [3.63, 3.8) is 0 Å². The van der Waals surface area contributed by atoms with Crippen LogP contribution in [0.2, 0.25) is 15.1 Å². The van der Waals surface area contributed by atoms with Gasteiger partial charge in [-0.3, -0.25) is 0 Å². The third-order valence-corrected chi connectivity index (χ3v) is 5.77. The van der Waals surface area contributed by atoms with Crippen LogP contribution in [-0.2, 0) is 0 Å². The summed E-state index contributed by atoms with van der Waals surface area (Å²) in [5.74, 6) is -0.787. The summed E-state index contributed by atoms with van der Waals surface area (Å²) < 4.78 is 11.1. The van der Waals surface area contributed by atoms with Gasteiger partial charge in [0.05, 0.1) is 16.5 Å². The molecule has 3 aromatic carbocycles. The SMILES string of the molecule is N#CC1=C(N)Oc2cc(OC(=O)c3ccccc3Cl)ccc2C1c1c(Cl)cccc1Cl. The Morgan fingerprint density at radius 2 is 1.68 bits per heavy atom. The average Bonchev–Trinajstić information content (AvgIpc) is 2.73. The molecule has 1 aliphatic rings. The predicted molar refractivity (Wildman–Crippen MR) is 119 cm³/mol. The number of carbonyl (C=O) groups is 1. The third kappa shape index (κ3) is 3.94. The van der Waals surface area contributed by atoms with Gasteiger partial charge in [0.25, 0.3) is 0 Å². The van der Waals surface area contributed by atoms with E-state index in [1.54, 1.807) is 54.6 Å². The van der Waals surface area contributed by atoms with Gasteiger partial charge in [-0.25, -0.2) is 4.79 Å². The van der Waals surface area contributed by atoms with Gasteiger partial charge in [0, 0.05) is 27.2 Å². The smallest absolute Gasteiger partial charge is 0.345 e. The normalized spacial score (nSPS) is 15.0. The van der Waals surface area contributed by atoms with Crippen LogP contribution >= 0.6 is 34.8 Å². The summed E-state index contributed by atoms with van der Waals surface area (Å²) in [5.41, 5.74) is 7.58. The molecule has 4 rings (SSSR count). The summed E-state index contributed by atoms with van der Waals surface area (Å²) in [5, 5.41) is 10.7. The quantitative estimate of drug-likeness (QED) is 0.369. The Morgan fingerprint density at radius 3 is 2.35 bits per heavy atom. The lowest BCUT2D eigenvalue weighted by Gasteiger charge is -2.27. The fraction of sp³-hybridized carbons (Fsp3) is 0.0435. The predicted octanol–water partition coefficient (Wildman–Crippen LogP) is 6.08. The standard InChI is InChI=1S/C23H13Cl3N2O3/c24-16-5-2-1-4-13(16)23(29)30-12-8-9-14-19(10-12)31-22(28)15(11-27)20(14)21-17(25)6-3-7-18(21)26/h1-10,20H,28H2. The maximum absolute atomic E-state index is 12.5. The van der Waals surface area contributed by atoms with Crippen molar-refractivity contribution in [2.24, 2.45) is 5.73 Å². The van der Waals surface area contributed by atoms with E-state index in [1.165, 1.54) is 6.07 Å². The molecule has 2 N–H and O–H groups in total. The number of nitrogens with zero attached hydrogens (tertiary/aromatic N) is 1. The van der Waals surface area contributed by atoms with Crippen LogP contribution in [0.1, 0.15) is 27.4 Å². The number of ether oxygens (including phenoxy) is 2. The molecule has 1 atom stereocenters. The zero-order valence-corrected chi connectivity index (χ0v) is 18.0. The van der Waals surface area contributed by atoms with Crippen molar-refractivity contribution < 1.29 is 14.3 Å². The molecular weight excluding hydrogens is 459 g/mol. The number of fused-ring (bicyclic) bond motifs is 1. The number of halogens is 3. The van der Waals surface area contributed by atoms with Crippen molar-refractivity contribution in [1.29, 1.82) is 5.26 Å². The number of hydrogen-bond acceptors (Lipinski definition) is 5. The molecule has 0 radical (unpaired) electrons. The van der Waals surface area contributed by atoms with Gasteiger partial charge in [-0.1, -0.05) is 59.1 Å². The highest BCUT2D eigenvalue weighted by Crippen LogP contribution is 2.47. The molecule has 5 nitrogen and oxygen atoms in total. The molecule has 1 unspecified atom stereocenters. The van der Waals surface area contributed by atoms with E-state index >= 15 is 0 Å². The zero-order valence-electron chi connectivity index (χ0n) is 15.7. The Kier molecular flexibility index (Phi) is 5.79. The maximum atomic E-state index is 12.5. The average molecular weight is 472 g/mol. The minimum Gasteiger partial charge on any atom is -0.440 e. The van der Waals surface area contributed by atoms with E-state index in [1.807, 2.05) is 0 Å². The first-order chi connectivity index (χ1) is 14.9. The van der Waals surface area contributed by atoms with Crippen LogP contribution in [-0.4, -0.2) is 5.97 Å². The number of esters is 1. The van der Waals surface area contributed by atoms with E-state index in [9.17, 15) is 10.1 Å². The van der Waals surface area contributed by atoms with Gasteiger partial charge in [0.1, 0.15) is 23.1 Å². The first kappa shape index (κ1) is 21.1. The van der Waals surface area contributed by atoms with Gasteiger partial charge in [-0.2, -0.15) is 5.26 Å². The molecule has 3 aromatic rings. The number of carbonyl (C=O) groups excluding carboxylic acids is 1. The monoisotopic (exact) mass is 470 g/mol. The van der Waals surface area contributed by atoms with E-state index in [4.69, 9.17) is 50.0 Å². The minimum absolute atomic E-state index is 0.0782. The highest BCUT2D eigenvalue weighted by Gasteiger charge is 2.33. The van der Waals surface area contributed by atoms with Crippen LogP contribution in [0, 0.1) is 11.3 Å². The molecule has 0 aromatic heterocycles. The summed E-state index contributed by atoms with van der Waals surface area (Å²) in [6, 6.07) is 18.5. The Balaban J connectivity index is 1.75. The van der Waals surface area contributed by atoms with Crippen molar-refractivity contribution >= 4 is 40.8 Å². The lowest BCUT2D eigenvalue weighted by molar-refractivity contribution is 0.0734. The molecule has 31 heavy (non-hydrogen) atoms. The van der Waals surface area contributed by atoms with Crippen molar-refractivity contribution in [2.45, 2.75) is 5.92 Å². The van der Waals surface area contributed by atoms with Crippen molar-refractivity contribution in [2.75, 3.05) is 0 Å². The molecule has 1 heterocycles. The van der Waals surface area contributed by atoms with Crippen LogP contribution in [0.4, 0.5) is 0 Å². The lowest BCUT2D eigenvalue weighted by Crippen LogP contribution is -2.21. The zero-order chi connectivity index (χ0) is 22.1. The number of nitriles is 1. The molecule has 0 aliphatic carbocycles. The number of rotatable bonds is 3. The Labute approximate surface area is 193 Å². The molecular formula is C23H13Cl3N2O3. The fourth-order valence-corrected chi connectivity index (χ4v) is 4.20. The highest BCUT2D eigenvalue weighted by molar-refractivity contribution is 6.36. The molecule has 0 saturated carbocycles. The van der Waals surface area contributed by atoms with Crippen LogP contribution < -0.4 is 15.2 Å². The van der Waals surface area contributed by atoms with Crippen LogP contribution in [0.3, 0.4) is 0 Å². The highest BCUT2D eigenvalue weighted by atomic mass is 35.5. The minimum atomic E-state index is -0.636. The molecule has 0 spiro atoms. The Bertz CT molecular complexity index is 1260. The first-order valence-electron chi connectivity index (χ1n) is 9.03. The largest absolute Gasteiger partial charge is 0.440 e. The van der Waals surface area contributed by atoms with E-state index in [-0.39, 0.29) is 27.8 Å². The van der Waals surface area contributed by atoms with E-state index in [0.717, 1.165) is 0 Å². The van der Waals surface area contributed by atoms with Gasteiger partial charge in [0.2, 0.25) is 5.88 Å². The molecule has 0 amide bonds. The summed E-state index contributed by atoms with van der Waals surface area (Å²) in [6.45, 7) is 0. The van der Waals surface area contributed by atoms with Gasteiger partial charge < -0.3 is 15.2 Å². The summed E-state index contributed by atoms with van der Waals surface area (Å²) in [4.78, 5) is 12.5. The molecule has 154 valence electrons. The summed E-state index contributed by atoms with van der Waals surface area (Å²) in [7, 11) is 0. The van der Waals surface area contributed by atoms with E-state index < -0.39 is 11.9 Å². The van der Waals surface area contributed by atoms with E-state index in [2.05, 4.69) is 6.07 Å². The lowest BCUT2D eigenvalue weighted by atomic mass is 9.83. The number of nitrogens with two attached hydrogens (primary N) is 1. The van der Waals surface area contributed by atoms with Gasteiger partial charge in [0.15, 0.2) is 0 Å². The van der Waals surface area contributed by atoms with Crippen LogP contribution in [0.15, 0.2) is 72.1 Å². The first-order valence-corrected chi connectivity index (χ1v) is 10.2. The van der Waals surface area contributed by atoms with Crippen molar-refractivity contribution in [3.8, 4) is 17.6 Å². The van der Waals surface area contributed by atoms with Gasteiger partial charge in [-0.05, 0) is 30.3 Å². The molecule has 0 fully saturated rings. The topological polar surface area (TPSA) is 85.3 Å². The Hall–Kier alpha value is -3.17. The Morgan fingerprint density at radius 1 is 1.00 bits per heavy atom. The molecule has 1 aliphatic heterocycles. The number of allylic oxidation sites excluding steroid dienone is 1. The van der Waals surface area contributed by atoms with Gasteiger partial charge in [-0.15, -0.1) is 0 Å². The molecule has 0 saturated heterocycles. The fourth-order valence-electron chi connectivity index (χ4n) is 3.37. The number of benzene rings is 3. The summed E-state index contributed by atoms with van der Waals surface area (Å²) in [6.07, 6.45) is 0. The second-order valence-electron chi connectivity index (χ2n) is 6.63. The number of hydrogen-bond donors (Lipinski definition) is 1. The maximum Gasteiger partial charge on any atom is 0.345 e. The van der Waals surface area contributed by atoms with Crippen LogP contribution in [0.5, 0.6) is 11.5 Å². The van der Waals surface area contributed by atoms with Crippen molar-refractivity contribution in [3.05, 3.63) is 104 Å². The summed E-state index contributed by atoms with van der Waals surface area (Å²) >= 11 is 18.9. The molecule has 8 heteroatoms. The molecule has 0 bridgehead atoms. The third-order valence-electron chi connectivity index (χ3n) is 4.78. The van der Waals surface area contributed by atoms with Gasteiger partial charge >= 0.3 is 5.97 Å². The second kappa shape index (κ2) is 8.52. The van der Waals surface area contributed by atoms with Crippen LogP contribution in [0.25, 0.3) is 0 Å². The van der Waals surface area contributed by atoms with Crippen molar-refractivity contribution in [1.82, 2.24) is 0 Å². The van der Waals surface area contributed by atoms with E-state index in [0.29, 0.717) is 26.9 Å².